The first kappa shape index (κ1) is 13.6. The summed E-state index contributed by atoms with van der Waals surface area (Å²) in [5, 5.41) is 17.9. The maximum Gasteiger partial charge on any atom is 0.524 e. The molecule has 1 heterocycles. The number of aliphatic hydroxyl groups excluding tert-OH is 1. The summed E-state index contributed by atoms with van der Waals surface area (Å²) in [5.74, 6) is -1.79. The van der Waals surface area contributed by atoms with Crippen LogP contribution >= 0.6 is 7.82 Å². The zero-order valence-electron chi connectivity index (χ0n) is 8.69. The average Bonchev–Trinajstić information content (AvgIpc) is 2.18. The van der Waals surface area contributed by atoms with Gasteiger partial charge >= 0.3 is 13.8 Å². The number of hydrogen-bond acceptors (Lipinski definition) is 5. The Morgan fingerprint density at radius 2 is 2.12 bits per heavy atom. The summed E-state index contributed by atoms with van der Waals surface area (Å²) < 4.78 is 15.0. The molecule has 9 heteroatoms. The second kappa shape index (κ2) is 4.80. The molecule has 1 aromatic heterocycles. The van der Waals surface area contributed by atoms with Crippen LogP contribution in [0.25, 0.3) is 0 Å². The van der Waals surface area contributed by atoms with Crippen molar-refractivity contribution in [2.24, 2.45) is 0 Å². The lowest BCUT2D eigenvalue weighted by atomic mass is 10.1. The highest BCUT2D eigenvalue weighted by Crippen LogP contribution is 2.41. The van der Waals surface area contributed by atoms with Crippen LogP contribution in [-0.4, -0.2) is 31.0 Å². The molecule has 0 unspecified atom stereocenters. The highest BCUT2D eigenvalue weighted by atomic mass is 31.2. The molecule has 0 bridgehead atoms. The average molecular weight is 263 g/mol. The van der Waals surface area contributed by atoms with E-state index in [0.717, 1.165) is 6.20 Å². The number of phosphoric ester groups is 1. The van der Waals surface area contributed by atoms with E-state index in [1.54, 1.807) is 0 Å². The molecular formula is C8H10NO7P. The number of aryl methyl sites for hydroxylation is 1. The molecule has 17 heavy (non-hydrogen) atoms. The summed E-state index contributed by atoms with van der Waals surface area (Å²) >= 11 is 0. The Balaban J connectivity index is 3.41. The number of aromatic carboxylic acids is 1. The van der Waals surface area contributed by atoms with E-state index in [1.807, 2.05) is 0 Å². The first-order valence-electron chi connectivity index (χ1n) is 4.34. The minimum absolute atomic E-state index is 0.0716. The van der Waals surface area contributed by atoms with Crippen molar-refractivity contribution in [3.8, 4) is 5.75 Å². The molecule has 1 rings (SSSR count). The fourth-order valence-corrected chi connectivity index (χ4v) is 1.70. The number of carboxylic acid groups (broad SMARTS) is 1. The third-order valence-electron chi connectivity index (χ3n) is 1.91. The van der Waals surface area contributed by atoms with E-state index in [-0.39, 0.29) is 16.8 Å². The van der Waals surface area contributed by atoms with Crippen LogP contribution in [0.2, 0.25) is 0 Å². The van der Waals surface area contributed by atoms with Gasteiger partial charge in [-0.2, -0.15) is 0 Å². The maximum atomic E-state index is 10.8. The molecule has 0 aromatic carbocycles. The Morgan fingerprint density at radius 3 is 2.53 bits per heavy atom. The number of aliphatic hydroxyl groups is 1. The van der Waals surface area contributed by atoms with E-state index in [0.29, 0.717) is 0 Å². The fourth-order valence-electron chi connectivity index (χ4n) is 1.22. The smallest absolute Gasteiger partial charge is 0.478 e. The summed E-state index contributed by atoms with van der Waals surface area (Å²) in [7, 11) is -4.85. The molecule has 0 amide bonds. The summed E-state index contributed by atoms with van der Waals surface area (Å²) in [6.07, 6.45) is 0.982. The van der Waals surface area contributed by atoms with Gasteiger partial charge in [0.2, 0.25) is 0 Å². The number of carbonyl (C=O) groups is 1. The van der Waals surface area contributed by atoms with Gasteiger partial charge in [-0.1, -0.05) is 0 Å². The molecule has 0 spiro atoms. The lowest BCUT2D eigenvalue weighted by molar-refractivity contribution is 0.0692. The molecule has 0 fully saturated rings. The zero-order chi connectivity index (χ0) is 13.2. The highest BCUT2D eigenvalue weighted by molar-refractivity contribution is 7.46. The molecule has 0 aliphatic carbocycles. The van der Waals surface area contributed by atoms with Gasteiger partial charge in [0.05, 0.1) is 17.9 Å². The van der Waals surface area contributed by atoms with Gasteiger partial charge in [-0.3, -0.25) is 14.8 Å². The van der Waals surface area contributed by atoms with Crippen LogP contribution < -0.4 is 4.52 Å². The van der Waals surface area contributed by atoms with Gasteiger partial charge in [0, 0.05) is 11.8 Å². The van der Waals surface area contributed by atoms with Crippen molar-refractivity contribution < 1.29 is 33.9 Å². The lowest BCUT2D eigenvalue weighted by Crippen LogP contribution is -2.08. The van der Waals surface area contributed by atoms with Crippen LogP contribution in [0.5, 0.6) is 5.75 Å². The first-order chi connectivity index (χ1) is 7.76. The number of aromatic nitrogens is 1. The van der Waals surface area contributed by atoms with Gasteiger partial charge in [-0.15, -0.1) is 0 Å². The predicted molar refractivity (Wildman–Crippen MR) is 54.5 cm³/mol. The van der Waals surface area contributed by atoms with E-state index >= 15 is 0 Å². The number of nitrogens with zero attached hydrogens (tertiary/aromatic N) is 1. The van der Waals surface area contributed by atoms with Crippen LogP contribution in [0.1, 0.15) is 21.6 Å². The molecule has 8 nitrogen and oxygen atoms in total. The van der Waals surface area contributed by atoms with Gasteiger partial charge in [0.15, 0.2) is 5.75 Å². The Kier molecular flexibility index (Phi) is 3.84. The van der Waals surface area contributed by atoms with Crippen LogP contribution in [0, 0.1) is 6.92 Å². The molecule has 0 saturated carbocycles. The Hall–Kier alpha value is -1.47. The van der Waals surface area contributed by atoms with Gasteiger partial charge < -0.3 is 14.7 Å². The van der Waals surface area contributed by atoms with E-state index in [1.165, 1.54) is 6.92 Å². The van der Waals surface area contributed by atoms with E-state index < -0.39 is 26.1 Å². The van der Waals surface area contributed by atoms with Gasteiger partial charge in [0.25, 0.3) is 0 Å². The molecule has 0 aliphatic rings. The molecule has 4 N–H and O–H groups in total. The molecule has 94 valence electrons. The SMILES string of the molecule is Cc1ncc(C(=O)O)c(CO)c1OP(=O)(O)O. The Morgan fingerprint density at radius 1 is 1.53 bits per heavy atom. The number of hydrogen-bond donors (Lipinski definition) is 4. The van der Waals surface area contributed by atoms with Crippen LogP contribution in [0.4, 0.5) is 0 Å². The van der Waals surface area contributed by atoms with Crippen LogP contribution in [-0.2, 0) is 11.2 Å². The van der Waals surface area contributed by atoms with Crippen molar-refractivity contribution in [1.29, 1.82) is 0 Å². The minimum atomic E-state index is -4.85. The van der Waals surface area contributed by atoms with Crippen LogP contribution in [0.3, 0.4) is 0 Å². The topological polar surface area (TPSA) is 137 Å². The number of pyridine rings is 1. The molecule has 0 radical (unpaired) electrons. The molecule has 0 saturated heterocycles. The van der Waals surface area contributed by atoms with Gasteiger partial charge in [0.1, 0.15) is 0 Å². The fraction of sp³-hybridized carbons (Fsp3) is 0.250. The molecule has 0 aliphatic heterocycles. The molecule has 1 aromatic rings. The van der Waals surface area contributed by atoms with Crippen molar-refractivity contribution >= 4 is 13.8 Å². The lowest BCUT2D eigenvalue weighted by Gasteiger charge is -2.14. The number of rotatable bonds is 4. The third kappa shape index (κ3) is 3.24. The van der Waals surface area contributed by atoms with Gasteiger partial charge in [-0.25, -0.2) is 9.36 Å². The van der Waals surface area contributed by atoms with E-state index in [2.05, 4.69) is 9.51 Å². The van der Waals surface area contributed by atoms with Crippen molar-refractivity contribution in [3.63, 3.8) is 0 Å². The summed E-state index contributed by atoms with van der Waals surface area (Å²) in [4.78, 5) is 31.8. The van der Waals surface area contributed by atoms with Crippen molar-refractivity contribution in [2.75, 3.05) is 0 Å². The van der Waals surface area contributed by atoms with Crippen molar-refractivity contribution in [1.82, 2.24) is 4.98 Å². The molecular weight excluding hydrogens is 253 g/mol. The largest absolute Gasteiger partial charge is 0.524 e. The third-order valence-corrected chi connectivity index (χ3v) is 2.33. The maximum absolute atomic E-state index is 10.8. The standard InChI is InChI=1S/C8H10NO7P/c1-4-7(16-17(13,14)15)6(3-10)5(2-9-4)8(11)12/h2,10H,3H2,1H3,(H,11,12)(H2,13,14,15). The predicted octanol–water partition coefficient (Wildman–Crippen LogP) is 0.0520. The van der Waals surface area contributed by atoms with E-state index in [9.17, 15) is 9.36 Å². The Labute approximate surface area is 95.7 Å². The van der Waals surface area contributed by atoms with E-state index in [4.69, 9.17) is 20.0 Å². The number of carboxylic acids is 1. The summed E-state index contributed by atoms with van der Waals surface area (Å²) in [6.45, 7) is 0.635. The van der Waals surface area contributed by atoms with Crippen molar-refractivity contribution in [2.45, 2.75) is 13.5 Å². The summed E-state index contributed by atoms with van der Waals surface area (Å²) in [5.41, 5.74) is -0.530. The van der Waals surface area contributed by atoms with Gasteiger partial charge in [-0.05, 0) is 6.92 Å². The zero-order valence-corrected chi connectivity index (χ0v) is 9.59. The Bertz CT molecular complexity index is 495. The first-order valence-corrected chi connectivity index (χ1v) is 5.87. The summed E-state index contributed by atoms with van der Waals surface area (Å²) in [6, 6.07) is 0. The minimum Gasteiger partial charge on any atom is -0.478 e. The number of phosphoric acid groups is 1. The quantitative estimate of drug-likeness (QED) is 0.559. The highest BCUT2D eigenvalue weighted by Gasteiger charge is 2.24. The second-order valence-corrected chi connectivity index (χ2v) is 4.27. The van der Waals surface area contributed by atoms with Crippen LogP contribution in [0.15, 0.2) is 6.20 Å². The monoisotopic (exact) mass is 263 g/mol. The second-order valence-electron chi connectivity index (χ2n) is 3.11. The normalized spacial score (nSPS) is 11.3. The molecule has 0 atom stereocenters. The van der Waals surface area contributed by atoms with Crippen molar-refractivity contribution in [3.05, 3.63) is 23.0 Å².